The normalized spacial score (nSPS) is 12.2. The molecule has 3 aromatic rings. The molecule has 0 unspecified atom stereocenters. The summed E-state index contributed by atoms with van der Waals surface area (Å²) in [7, 11) is 1.75. The van der Waals surface area contributed by atoms with Crippen LogP contribution in [0.1, 0.15) is 5.56 Å². The zero-order valence-corrected chi connectivity index (χ0v) is 17.1. The Hall–Kier alpha value is -1.15. The van der Waals surface area contributed by atoms with Crippen LogP contribution in [0.15, 0.2) is 57.9 Å². The first-order chi connectivity index (χ1) is 11.6. The molecule has 0 spiro atoms. The Morgan fingerprint density at radius 3 is 2.67 bits per heavy atom. The van der Waals surface area contributed by atoms with Gasteiger partial charge in [0, 0.05) is 32.1 Å². The van der Waals surface area contributed by atoms with Gasteiger partial charge in [-0.1, -0.05) is 41.4 Å². The van der Waals surface area contributed by atoms with Gasteiger partial charge in [0.25, 0.3) is 0 Å². The minimum absolute atomic E-state index is 0.584. The molecule has 0 atom stereocenters. The van der Waals surface area contributed by atoms with Crippen molar-refractivity contribution < 1.29 is 0 Å². The molecule has 1 aromatic heterocycles. The van der Waals surface area contributed by atoms with E-state index in [0.717, 1.165) is 25.2 Å². The fourth-order valence-corrected chi connectivity index (χ4v) is 3.97. The van der Waals surface area contributed by atoms with Gasteiger partial charge < -0.3 is 0 Å². The number of benzene rings is 2. The van der Waals surface area contributed by atoms with Crippen molar-refractivity contribution in [2.45, 2.75) is 0 Å². The predicted molar refractivity (Wildman–Crippen MR) is 111 cm³/mol. The highest BCUT2D eigenvalue weighted by Crippen LogP contribution is 2.30. The van der Waals surface area contributed by atoms with Crippen molar-refractivity contribution in [1.29, 1.82) is 0 Å². The van der Waals surface area contributed by atoms with E-state index in [9.17, 15) is 0 Å². The maximum atomic E-state index is 6.35. The summed E-state index contributed by atoms with van der Waals surface area (Å²) in [5, 5.41) is 7.80. The van der Waals surface area contributed by atoms with Crippen LogP contribution < -0.4 is 4.80 Å². The summed E-state index contributed by atoms with van der Waals surface area (Å²) in [6, 6.07) is 13.5. The summed E-state index contributed by atoms with van der Waals surface area (Å²) in [5.41, 5.74) is 2.79. The number of aromatic nitrogens is 1. The van der Waals surface area contributed by atoms with Gasteiger partial charge in [-0.2, -0.15) is 5.10 Å². The Kier molecular flexibility index (Phi) is 5.76. The fourth-order valence-electron chi connectivity index (χ4n) is 2.14. The maximum Gasteiger partial charge on any atom is 0.205 e. The van der Waals surface area contributed by atoms with Crippen LogP contribution in [0, 0.1) is 3.57 Å². The van der Waals surface area contributed by atoms with Crippen molar-refractivity contribution in [1.82, 2.24) is 4.68 Å². The highest BCUT2D eigenvalue weighted by Gasteiger charge is 2.11. The number of halogens is 3. The van der Waals surface area contributed by atoms with Gasteiger partial charge in [0.05, 0.1) is 16.9 Å². The van der Waals surface area contributed by atoms with E-state index in [1.807, 2.05) is 48.0 Å². The van der Waals surface area contributed by atoms with E-state index in [1.54, 1.807) is 17.8 Å². The maximum absolute atomic E-state index is 6.35. The highest BCUT2D eigenvalue weighted by molar-refractivity contribution is 14.1. The summed E-state index contributed by atoms with van der Waals surface area (Å²) in [4.78, 5) is 5.09. The standard InChI is InChI=1S/C17H12Cl2IN3S/c1-21-17-23(22-9-11-4-2-3-5-15(11)20)16(10-24-17)13-7-6-12(18)8-14(13)19/h2-10H,1H3/b21-17?,22-9+. The molecular formula is C17H12Cl2IN3S. The van der Waals surface area contributed by atoms with E-state index >= 15 is 0 Å². The van der Waals surface area contributed by atoms with Crippen molar-refractivity contribution in [2.24, 2.45) is 10.1 Å². The molecular weight excluding hydrogens is 476 g/mol. The van der Waals surface area contributed by atoms with Crippen LogP contribution in [-0.4, -0.2) is 17.9 Å². The van der Waals surface area contributed by atoms with Gasteiger partial charge in [0.15, 0.2) is 0 Å². The molecule has 3 rings (SSSR count). The average molecular weight is 488 g/mol. The molecule has 0 fully saturated rings. The first-order valence-electron chi connectivity index (χ1n) is 6.98. The second-order valence-corrected chi connectivity index (χ2v) is 7.67. The van der Waals surface area contributed by atoms with Gasteiger partial charge in [-0.05, 0) is 46.9 Å². The SMILES string of the molecule is CN=c1scc(-c2ccc(Cl)cc2Cl)n1/N=C/c1ccccc1I. The van der Waals surface area contributed by atoms with E-state index < -0.39 is 0 Å². The first-order valence-corrected chi connectivity index (χ1v) is 9.69. The summed E-state index contributed by atoms with van der Waals surface area (Å²) >= 11 is 16.2. The third kappa shape index (κ3) is 3.74. The number of rotatable bonds is 3. The molecule has 3 nitrogen and oxygen atoms in total. The molecule has 1 heterocycles. The van der Waals surface area contributed by atoms with E-state index in [0.29, 0.717) is 10.0 Å². The average Bonchev–Trinajstić information content (AvgIpc) is 2.97. The number of thiazole rings is 1. The molecule has 24 heavy (non-hydrogen) atoms. The van der Waals surface area contributed by atoms with Crippen LogP contribution in [-0.2, 0) is 0 Å². The summed E-state index contributed by atoms with van der Waals surface area (Å²) in [6.45, 7) is 0. The van der Waals surface area contributed by atoms with Crippen LogP contribution in [0.5, 0.6) is 0 Å². The molecule has 0 bridgehead atoms. The minimum Gasteiger partial charge on any atom is -0.261 e. The van der Waals surface area contributed by atoms with Gasteiger partial charge in [-0.15, -0.1) is 11.3 Å². The molecule has 0 radical (unpaired) electrons. The first kappa shape index (κ1) is 17.7. The van der Waals surface area contributed by atoms with Crippen LogP contribution in [0.25, 0.3) is 11.3 Å². The molecule has 0 aliphatic carbocycles. The highest BCUT2D eigenvalue weighted by atomic mass is 127. The number of nitrogens with zero attached hydrogens (tertiary/aromatic N) is 3. The lowest BCUT2D eigenvalue weighted by molar-refractivity contribution is 0.848. The lowest BCUT2D eigenvalue weighted by atomic mass is 10.2. The Balaban J connectivity index is 2.11. The third-order valence-electron chi connectivity index (χ3n) is 3.30. The van der Waals surface area contributed by atoms with Crippen LogP contribution in [0.4, 0.5) is 0 Å². The van der Waals surface area contributed by atoms with Gasteiger partial charge in [-0.3, -0.25) is 4.99 Å². The Morgan fingerprint density at radius 2 is 1.96 bits per heavy atom. The van der Waals surface area contributed by atoms with Crippen molar-refractivity contribution in [3.8, 4) is 11.3 Å². The van der Waals surface area contributed by atoms with E-state index in [-0.39, 0.29) is 0 Å². The van der Waals surface area contributed by atoms with Gasteiger partial charge in [0.2, 0.25) is 4.80 Å². The predicted octanol–water partition coefficient (Wildman–Crippen LogP) is 5.54. The van der Waals surface area contributed by atoms with Crippen LogP contribution in [0.2, 0.25) is 10.0 Å². The molecule has 0 aliphatic rings. The van der Waals surface area contributed by atoms with Crippen molar-refractivity contribution in [2.75, 3.05) is 7.05 Å². The second kappa shape index (κ2) is 7.82. The summed E-state index contributed by atoms with van der Waals surface area (Å²) < 4.78 is 2.93. The van der Waals surface area contributed by atoms with Crippen LogP contribution in [0.3, 0.4) is 0 Å². The Morgan fingerprint density at radius 1 is 1.17 bits per heavy atom. The lowest BCUT2D eigenvalue weighted by Gasteiger charge is -2.06. The van der Waals surface area contributed by atoms with Crippen molar-refractivity contribution in [3.63, 3.8) is 0 Å². The molecule has 0 saturated carbocycles. The molecule has 0 aliphatic heterocycles. The van der Waals surface area contributed by atoms with E-state index in [4.69, 9.17) is 23.2 Å². The molecule has 0 saturated heterocycles. The minimum atomic E-state index is 0.584. The molecule has 122 valence electrons. The summed E-state index contributed by atoms with van der Waals surface area (Å²) in [5.74, 6) is 0. The number of hydrogen-bond acceptors (Lipinski definition) is 3. The Labute approximate surface area is 167 Å². The van der Waals surface area contributed by atoms with Gasteiger partial charge in [0.1, 0.15) is 0 Å². The molecule has 2 aromatic carbocycles. The monoisotopic (exact) mass is 487 g/mol. The van der Waals surface area contributed by atoms with E-state index in [2.05, 4.69) is 32.7 Å². The fraction of sp³-hybridized carbons (Fsp3) is 0.0588. The quantitative estimate of drug-likeness (QED) is 0.343. The molecule has 7 heteroatoms. The zero-order valence-electron chi connectivity index (χ0n) is 12.6. The largest absolute Gasteiger partial charge is 0.261 e. The smallest absolute Gasteiger partial charge is 0.205 e. The van der Waals surface area contributed by atoms with Crippen molar-refractivity contribution >= 4 is 63.3 Å². The molecule has 0 amide bonds. The topological polar surface area (TPSA) is 29.6 Å². The van der Waals surface area contributed by atoms with Crippen LogP contribution >= 0.6 is 57.1 Å². The zero-order chi connectivity index (χ0) is 17.1. The van der Waals surface area contributed by atoms with Gasteiger partial charge >= 0.3 is 0 Å². The third-order valence-corrected chi connectivity index (χ3v) is 5.74. The summed E-state index contributed by atoms with van der Waals surface area (Å²) in [6.07, 6.45) is 1.83. The Bertz CT molecular complexity index is 976. The number of hydrogen-bond donors (Lipinski definition) is 0. The van der Waals surface area contributed by atoms with Gasteiger partial charge in [-0.25, -0.2) is 4.68 Å². The second-order valence-electron chi connectivity index (χ2n) is 4.83. The molecule has 0 N–H and O–H groups in total. The lowest BCUT2D eigenvalue weighted by Crippen LogP contribution is -2.11. The van der Waals surface area contributed by atoms with E-state index in [1.165, 1.54) is 11.3 Å². The van der Waals surface area contributed by atoms with Crippen molar-refractivity contribution in [3.05, 3.63) is 71.8 Å².